The molecule has 2 nitrogen and oxygen atoms in total. The molecule has 0 N–H and O–H groups in total. The standard InChI is InChI=1S/C17H14Br2N2/c1-12-9-14(18)7-8-16(12)17(19)13-10-20-21(11-13)15-5-3-2-4-6-15/h2-11,17H,1H3. The van der Waals surface area contributed by atoms with Gasteiger partial charge in [-0.15, -0.1) is 0 Å². The Morgan fingerprint density at radius 2 is 1.86 bits per heavy atom. The van der Waals surface area contributed by atoms with Gasteiger partial charge in [-0.2, -0.15) is 5.10 Å². The molecule has 0 saturated heterocycles. The first kappa shape index (κ1) is 14.5. The average Bonchev–Trinajstić information content (AvgIpc) is 2.97. The molecule has 21 heavy (non-hydrogen) atoms. The van der Waals surface area contributed by atoms with Crippen LogP contribution in [0.2, 0.25) is 0 Å². The number of nitrogens with zero attached hydrogens (tertiary/aromatic N) is 2. The highest BCUT2D eigenvalue weighted by molar-refractivity contribution is 9.10. The summed E-state index contributed by atoms with van der Waals surface area (Å²) >= 11 is 7.29. The van der Waals surface area contributed by atoms with Crippen LogP contribution in [0, 0.1) is 6.92 Å². The number of alkyl halides is 1. The van der Waals surface area contributed by atoms with E-state index in [9.17, 15) is 0 Å². The number of para-hydroxylation sites is 1. The van der Waals surface area contributed by atoms with Crippen LogP contribution in [0.3, 0.4) is 0 Å². The first-order valence-electron chi connectivity index (χ1n) is 6.65. The first-order chi connectivity index (χ1) is 10.1. The molecule has 0 radical (unpaired) electrons. The maximum Gasteiger partial charge on any atom is 0.0678 e. The zero-order chi connectivity index (χ0) is 14.8. The van der Waals surface area contributed by atoms with Gasteiger partial charge in [-0.25, -0.2) is 4.68 Å². The Labute approximate surface area is 141 Å². The summed E-state index contributed by atoms with van der Waals surface area (Å²) in [6.07, 6.45) is 3.98. The van der Waals surface area contributed by atoms with Crippen LogP contribution < -0.4 is 0 Å². The molecule has 3 aromatic rings. The summed E-state index contributed by atoms with van der Waals surface area (Å²) in [6.45, 7) is 2.12. The number of benzene rings is 2. The Morgan fingerprint density at radius 1 is 1.10 bits per heavy atom. The van der Waals surface area contributed by atoms with Crippen LogP contribution in [0.4, 0.5) is 0 Å². The summed E-state index contributed by atoms with van der Waals surface area (Å²) in [5, 5.41) is 4.46. The zero-order valence-corrected chi connectivity index (χ0v) is 14.7. The van der Waals surface area contributed by atoms with E-state index in [4.69, 9.17) is 0 Å². The maximum atomic E-state index is 4.46. The molecular formula is C17H14Br2N2. The minimum Gasteiger partial charge on any atom is -0.241 e. The van der Waals surface area contributed by atoms with Crippen molar-refractivity contribution in [1.29, 1.82) is 0 Å². The van der Waals surface area contributed by atoms with Crippen LogP contribution >= 0.6 is 31.9 Å². The summed E-state index contributed by atoms with van der Waals surface area (Å²) in [4.78, 5) is 0.142. The van der Waals surface area contributed by atoms with Crippen molar-refractivity contribution in [3.63, 3.8) is 0 Å². The molecule has 1 heterocycles. The van der Waals surface area contributed by atoms with Crippen molar-refractivity contribution >= 4 is 31.9 Å². The van der Waals surface area contributed by atoms with Gasteiger partial charge >= 0.3 is 0 Å². The molecule has 0 aliphatic rings. The quantitative estimate of drug-likeness (QED) is 0.531. The van der Waals surface area contributed by atoms with Crippen molar-refractivity contribution in [3.05, 3.63) is 82.1 Å². The molecule has 2 aromatic carbocycles. The number of hydrogen-bond acceptors (Lipinski definition) is 1. The molecule has 0 aliphatic carbocycles. The van der Waals surface area contributed by atoms with Gasteiger partial charge in [0.25, 0.3) is 0 Å². The molecule has 4 heteroatoms. The normalized spacial score (nSPS) is 12.3. The van der Waals surface area contributed by atoms with E-state index in [1.54, 1.807) is 0 Å². The molecule has 0 bridgehead atoms. The summed E-state index contributed by atoms with van der Waals surface area (Å²) in [5.41, 5.74) is 4.71. The van der Waals surface area contributed by atoms with Crippen LogP contribution in [0.5, 0.6) is 0 Å². The van der Waals surface area contributed by atoms with Crippen molar-refractivity contribution < 1.29 is 0 Å². The van der Waals surface area contributed by atoms with E-state index in [0.29, 0.717) is 0 Å². The second kappa shape index (κ2) is 6.16. The smallest absolute Gasteiger partial charge is 0.0678 e. The Bertz CT molecular complexity index is 750. The van der Waals surface area contributed by atoms with Gasteiger partial charge in [0.05, 0.1) is 16.7 Å². The number of hydrogen-bond donors (Lipinski definition) is 0. The van der Waals surface area contributed by atoms with E-state index >= 15 is 0 Å². The van der Waals surface area contributed by atoms with Gasteiger partial charge in [-0.05, 0) is 42.3 Å². The third-order valence-corrected chi connectivity index (χ3v) is 4.94. The van der Waals surface area contributed by atoms with Crippen LogP contribution in [0.25, 0.3) is 5.69 Å². The SMILES string of the molecule is Cc1cc(Br)ccc1C(Br)c1cnn(-c2ccccc2)c1. The van der Waals surface area contributed by atoms with Crippen LogP contribution in [-0.4, -0.2) is 9.78 Å². The highest BCUT2D eigenvalue weighted by atomic mass is 79.9. The fourth-order valence-corrected chi connectivity index (χ4v) is 3.52. The summed E-state index contributed by atoms with van der Waals surface area (Å²) in [7, 11) is 0. The lowest BCUT2D eigenvalue weighted by Gasteiger charge is -2.11. The lowest BCUT2D eigenvalue weighted by Crippen LogP contribution is -1.95. The van der Waals surface area contributed by atoms with E-state index in [1.807, 2.05) is 41.2 Å². The maximum absolute atomic E-state index is 4.46. The van der Waals surface area contributed by atoms with Gasteiger partial charge in [0.1, 0.15) is 0 Å². The highest BCUT2D eigenvalue weighted by Gasteiger charge is 2.15. The second-order valence-corrected chi connectivity index (χ2v) is 6.75. The van der Waals surface area contributed by atoms with Gasteiger partial charge in [-0.1, -0.05) is 56.1 Å². The molecule has 1 aromatic heterocycles. The van der Waals surface area contributed by atoms with E-state index in [1.165, 1.54) is 11.1 Å². The minimum atomic E-state index is 0.142. The summed E-state index contributed by atoms with van der Waals surface area (Å²) in [6, 6.07) is 16.5. The van der Waals surface area contributed by atoms with Crippen molar-refractivity contribution in [3.8, 4) is 5.69 Å². The molecule has 0 saturated carbocycles. The molecule has 0 spiro atoms. The van der Waals surface area contributed by atoms with E-state index < -0.39 is 0 Å². The molecular weight excluding hydrogens is 392 g/mol. The number of aryl methyl sites for hydroxylation is 1. The Morgan fingerprint density at radius 3 is 2.57 bits per heavy atom. The lowest BCUT2D eigenvalue weighted by atomic mass is 10.0. The van der Waals surface area contributed by atoms with E-state index in [-0.39, 0.29) is 4.83 Å². The highest BCUT2D eigenvalue weighted by Crippen LogP contribution is 2.33. The summed E-state index contributed by atoms with van der Waals surface area (Å²) < 4.78 is 3.00. The van der Waals surface area contributed by atoms with Crippen molar-refractivity contribution in [1.82, 2.24) is 9.78 Å². The van der Waals surface area contributed by atoms with Crippen molar-refractivity contribution in [2.45, 2.75) is 11.8 Å². The number of rotatable bonds is 3. The van der Waals surface area contributed by atoms with Crippen LogP contribution in [0.1, 0.15) is 21.5 Å². The van der Waals surface area contributed by atoms with Gasteiger partial charge in [0.2, 0.25) is 0 Å². The fourth-order valence-electron chi connectivity index (χ4n) is 2.29. The molecule has 1 atom stereocenters. The molecule has 1 unspecified atom stereocenters. The van der Waals surface area contributed by atoms with Gasteiger partial charge in [0.15, 0.2) is 0 Å². The van der Waals surface area contributed by atoms with Crippen molar-refractivity contribution in [2.75, 3.05) is 0 Å². The Hall–Kier alpha value is -1.39. The topological polar surface area (TPSA) is 17.8 Å². The fraction of sp³-hybridized carbons (Fsp3) is 0.118. The third kappa shape index (κ3) is 3.11. The number of aromatic nitrogens is 2. The molecule has 106 valence electrons. The van der Waals surface area contributed by atoms with Crippen LogP contribution in [-0.2, 0) is 0 Å². The molecule has 3 rings (SSSR count). The monoisotopic (exact) mass is 404 g/mol. The predicted octanol–water partition coefficient (Wildman–Crippen LogP) is 5.43. The molecule has 0 aliphatic heterocycles. The molecule has 0 fully saturated rings. The predicted molar refractivity (Wildman–Crippen MR) is 93.2 cm³/mol. The second-order valence-electron chi connectivity index (χ2n) is 4.92. The van der Waals surface area contributed by atoms with Crippen LogP contribution in [0.15, 0.2) is 65.4 Å². The zero-order valence-electron chi connectivity index (χ0n) is 11.5. The largest absolute Gasteiger partial charge is 0.241 e. The van der Waals surface area contributed by atoms with Gasteiger partial charge in [0, 0.05) is 16.2 Å². The summed E-state index contributed by atoms with van der Waals surface area (Å²) in [5.74, 6) is 0. The molecule has 0 amide bonds. The lowest BCUT2D eigenvalue weighted by molar-refractivity contribution is 0.880. The van der Waals surface area contributed by atoms with E-state index in [2.05, 4.69) is 68.3 Å². The van der Waals surface area contributed by atoms with Gasteiger partial charge < -0.3 is 0 Å². The average molecular weight is 406 g/mol. The number of halogens is 2. The third-order valence-electron chi connectivity index (χ3n) is 3.42. The minimum absolute atomic E-state index is 0.142. The van der Waals surface area contributed by atoms with Crippen molar-refractivity contribution in [2.24, 2.45) is 0 Å². The Balaban J connectivity index is 1.92. The Kier molecular flexibility index (Phi) is 4.27. The van der Waals surface area contributed by atoms with E-state index in [0.717, 1.165) is 15.7 Å². The first-order valence-corrected chi connectivity index (χ1v) is 8.36. The van der Waals surface area contributed by atoms with Gasteiger partial charge in [-0.3, -0.25) is 0 Å².